The summed E-state index contributed by atoms with van der Waals surface area (Å²) in [6, 6.07) is 2.61. The van der Waals surface area contributed by atoms with Crippen molar-refractivity contribution in [1.29, 1.82) is 0 Å². The third-order valence-electron chi connectivity index (χ3n) is 4.63. The van der Waals surface area contributed by atoms with Gasteiger partial charge in [0.25, 0.3) is 0 Å². The number of hydrogen-bond acceptors (Lipinski definition) is 4. The van der Waals surface area contributed by atoms with Crippen molar-refractivity contribution in [3.05, 3.63) is 18.6 Å². The lowest BCUT2D eigenvalue weighted by molar-refractivity contribution is 0.374. The molecule has 0 aromatic carbocycles. The first-order chi connectivity index (χ1) is 9.29. The monoisotopic (exact) mass is 257 g/mol. The summed E-state index contributed by atoms with van der Waals surface area (Å²) in [5.41, 5.74) is 0.912. The molecule has 5 heteroatoms. The number of rotatable bonds is 2. The van der Waals surface area contributed by atoms with Crippen molar-refractivity contribution in [2.75, 3.05) is 25.5 Å². The molecule has 1 unspecified atom stereocenters. The zero-order chi connectivity index (χ0) is 12.8. The second kappa shape index (κ2) is 4.20. The first-order valence-corrected chi connectivity index (χ1v) is 7.03. The van der Waals surface area contributed by atoms with Crippen molar-refractivity contribution in [1.82, 2.24) is 19.9 Å². The van der Waals surface area contributed by atoms with Crippen LogP contribution < -0.4 is 5.32 Å². The Balaban J connectivity index is 1.52. The van der Waals surface area contributed by atoms with Crippen LogP contribution in [0.4, 0.5) is 5.82 Å². The van der Waals surface area contributed by atoms with Crippen LogP contribution in [-0.2, 0) is 0 Å². The molecule has 1 aliphatic carbocycles. The van der Waals surface area contributed by atoms with Gasteiger partial charge < -0.3 is 15.2 Å². The van der Waals surface area contributed by atoms with E-state index in [-0.39, 0.29) is 0 Å². The molecule has 0 bridgehead atoms. The Bertz CT molecular complexity index is 578. The lowest BCUT2D eigenvalue weighted by Gasteiger charge is -2.17. The normalized spacial score (nSPS) is 30.9. The van der Waals surface area contributed by atoms with Gasteiger partial charge in [0.1, 0.15) is 17.8 Å². The largest absolute Gasteiger partial charge is 0.367 e. The zero-order valence-corrected chi connectivity index (χ0v) is 11.1. The van der Waals surface area contributed by atoms with Crippen molar-refractivity contribution in [3.63, 3.8) is 0 Å². The highest BCUT2D eigenvalue weighted by atomic mass is 15.1. The number of H-pyrrole nitrogens is 1. The van der Waals surface area contributed by atoms with Gasteiger partial charge in [-0.2, -0.15) is 0 Å². The second-order valence-corrected chi connectivity index (χ2v) is 6.02. The summed E-state index contributed by atoms with van der Waals surface area (Å²) in [5.74, 6) is 2.71. The van der Waals surface area contributed by atoms with Crippen LogP contribution in [0.3, 0.4) is 0 Å². The maximum atomic E-state index is 4.40. The summed E-state index contributed by atoms with van der Waals surface area (Å²) >= 11 is 0. The molecule has 2 aromatic heterocycles. The highest BCUT2D eigenvalue weighted by molar-refractivity contribution is 5.86. The highest BCUT2D eigenvalue weighted by Crippen LogP contribution is 2.38. The molecule has 19 heavy (non-hydrogen) atoms. The molecule has 0 radical (unpaired) electrons. The zero-order valence-electron chi connectivity index (χ0n) is 11.1. The first kappa shape index (κ1) is 11.2. The Morgan fingerprint density at radius 3 is 2.84 bits per heavy atom. The predicted octanol–water partition coefficient (Wildman–Crippen LogP) is 1.71. The Morgan fingerprint density at radius 2 is 2.05 bits per heavy atom. The number of anilines is 1. The molecule has 2 fully saturated rings. The number of nitrogens with one attached hydrogen (secondary N) is 2. The maximum absolute atomic E-state index is 4.40. The minimum absolute atomic E-state index is 0.566. The molecule has 1 saturated heterocycles. The van der Waals surface area contributed by atoms with Gasteiger partial charge >= 0.3 is 0 Å². The van der Waals surface area contributed by atoms with E-state index in [4.69, 9.17) is 0 Å². The van der Waals surface area contributed by atoms with E-state index < -0.39 is 0 Å². The summed E-state index contributed by atoms with van der Waals surface area (Å²) in [7, 11) is 2.23. The van der Waals surface area contributed by atoms with Crippen molar-refractivity contribution < 1.29 is 0 Å². The number of aromatic amines is 1. The number of fused-ring (bicyclic) bond motifs is 2. The van der Waals surface area contributed by atoms with Crippen LogP contribution in [0.5, 0.6) is 0 Å². The maximum Gasteiger partial charge on any atom is 0.142 e. The standard InChI is InChI=1S/C14H19N5/c1-19-6-9-4-11(5-10(9)7-19)18-14-12-2-3-15-13(12)16-8-17-14/h2-3,8-11H,4-7H2,1H3,(H2,15,16,17,18)/t9-,10+,11?. The van der Waals surface area contributed by atoms with Crippen LogP contribution >= 0.6 is 0 Å². The number of aromatic nitrogens is 3. The van der Waals surface area contributed by atoms with E-state index in [1.807, 2.05) is 12.3 Å². The fraction of sp³-hybridized carbons (Fsp3) is 0.571. The minimum Gasteiger partial charge on any atom is -0.367 e. The van der Waals surface area contributed by atoms with Crippen LogP contribution in [0.25, 0.3) is 11.0 Å². The molecule has 1 saturated carbocycles. The van der Waals surface area contributed by atoms with Gasteiger partial charge in [-0.1, -0.05) is 0 Å². The average molecular weight is 257 g/mol. The van der Waals surface area contributed by atoms with Crippen LogP contribution in [0.15, 0.2) is 18.6 Å². The van der Waals surface area contributed by atoms with Crippen molar-refractivity contribution in [2.24, 2.45) is 11.8 Å². The van der Waals surface area contributed by atoms with Gasteiger partial charge in [0.05, 0.1) is 5.39 Å². The molecule has 2 aliphatic rings. The van der Waals surface area contributed by atoms with Gasteiger partial charge in [0.15, 0.2) is 0 Å². The molecule has 4 rings (SSSR count). The molecule has 0 amide bonds. The molecule has 1 aliphatic heterocycles. The first-order valence-electron chi connectivity index (χ1n) is 7.03. The van der Waals surface area contributed by atoms with E-state index >= 15 is 0 Å². The molecular weight excluding hydrogens is 238 g/mol. The van der Waals surface area contributed by atoms with Gasteiger partial charge in [-0.3, -0.25) is 0 Å². The topological polar surface area (TPSA) is 56.8 Å². The minimum atomic E-state index is 0.566. The second-order valence-electron chi connectivity index (χ2n) is 6.02. The lowest BCUT2D eigenvalue weighted by Crippen LogP contribution is -2.22. The molecule has 2 N–H and O–H groups in total. The van der Waals surface area contributed by atoms with E-state index in [1.54, 1.807) is 6.33 Å². The smallest absolute Gasteiger partial charge is 0.142 e. The van der Waals surface area contributed by atoms with E-state index in [9.17, 15) is 0 Å². The van der Waals surface area contributed by atoms with Crippen molar-refractivity contribution >= 4 is 16.9 Å². The molecule has 2 aromatic rings. The average Bonchev–Trinajstić information content (AvgIpc) is 3.03. The lowest BCUT2D eigenvalue weighted by atomic mass is 10.0. The van der Waals surface area contributed by atoms with Crippen LogP contribution in [-0.4, -0.2) is 46.0 Å². The SMILES string of the molecule is CN1C[C@H]2CC(Nc3ncnc4[nH]ccc34)C[C@H]2C1. The third-order valence-corrected chi connectivity index (χ3v) is 4.63. The van der Waals surface area contributed by atoms with Crippen LogP contribution in [0.1, 0.15) is 12.8 Å². The van der Waals surface area contributed by atoms with Gasteiger partial charge in [-0.05, 0) is 37.8 Å². The molecule has 3 heterocycles. The van der Waals surface area contributed by atoms with Gasteiger partial charge in [-0.15, -0.1) is 0 Å². The van der Waals surface area contributed by atoms with Gasteiger partial charge in [-0.25, -0.2) is 9.97 Å². The van der Waals surface area contributed by atoms with Gasteiger partial charge in [0.2, 0.25) is 0 Å². The summed E-state index contributed by atoms with van der Waals surface area (Å²) in [5, 5.41) is 4.72. The van der Waals surface area contributed by atoms with E-state index in [0.29, 0.717) is 6.04 Å². The highest BCUT2D eigenvalue weighted by Gasteiger charge is 2.39. The fourth-order valence-corrected chi connectivity index (χ4v) is 3.83. The van der Waals surface area contributed by atoms with Crippen LogP contribution in [0.2, 0.25) is 0 Å². The van der Waals surface area contributed by atoms with Crippen LogP contribution in [0, 0.1) is 11.8 Å². The van der Waals surface area contributed by atoms with E-state index in [1.165, 1.54) is 25.9 Å². The van der Waals surface area contributed by atoms with Crippen molar-refractivity contribution in [2.45, 2.75) is 18.9 Å². The molecule has 0 spiro atoms. The van der Waals surface area contributed by atoms with Gasteiger partial charge in [0, 0.05) is 25.3 Å². The Hall–Kier alpha value is -1.62. The fourth-order valence-electron chi connectivity index (χ4n) is 3.83. The summed E-state index contributed by atoms with van der Waals surface area (Å²) < 4.78 is 0. The third kappa shape index (κ3) is 1.89. The Labute approximate surface area is 112 Å². The quantitative estimate of drug-likeness (QED) is 0.860. The number of nitrogens with zero attached hydrogens (tertiary/aromatic N) is 3. The van der Waals surface area contributed by atoms with Crippen molar-refractivity contribution in [3.8, 4) is 0 Å². The number of likely N-dealkylation sites (tertiary alicyclic amines) is 1. The van der Waals surface area contributed by atoms with E-state index in [0.717, 1.165) is 28.7 Å². The Kier molecular flexibility index (Phi) is 2.48. The Morgan fingerprint density at radius 1 is 1.26 bits per heavy atom. The molecule has 3 atom stereocenters. The molecule has 100 valence electrons. The summed E-state index contributed by atoms with van der Waals surface area (Å²) in [6.45, 7) is 2.51. The number of hydrogen-bond donors (Lipinski definition) is 2. The van der Waals surface area contributed by atoms with E-state index in [2.05, 4.69) is 32.2 Å². The predicted molar refractivity (Wildman–Crippen MR) is 75.0 cm³/mol. The summed E-state index contributed by atoms with van der Waals surface area (Å²) in [6.07, 6.45) is 6.09. The summed E-state index contributed by atoms with van der Waals surface area (Å²) in [4.78, 5) is 14.2. The molecular formula is C14H19N5. The molecule has 5 nitrogen and oxygen atoms in total.